The molecule has 4 atom stereocenters. The number of likely N-dealkylation sites (tertiary alicyclic amines) is 1. The highest BCUT2D eigenvalue weighted by Crippen LogP contribution is 2.48. The van der Waals surface area contributed by atoms with Crippen molar-refractivity contribution in [1.82, 2.24) is 9.88 Å². The third-order valence-corrected chi connectivity index (χ3v) is 9.27. The van der Waals surface area contributed by atoms with E-state index < -0.39 is 29.8 Å². The van der Waals surface area contributed by atoms with E-state index in [2.05, 4.69) is 4.98 Å². The van der Waals surface area contributed by atoms with Crippen LogP contribution in [-0.2, 0) is 14.4 Å². The summed E-state index contributed by atoms with van der Waals surface area (Å²) in [7, 11) is 0. The monoisotopic (exact) mass is 618 g/mol. The predicted molar refractivity (Wildman–Crippen MR) is 172 cm³/mol. The van der Waals surface area contributed by atoms with E-state index in [1.54, 1.807) is 6.20 Å². The first-order valence-electron chi connectivity index (χ1n) is 16.0. The number of aliphatic hydroxyl groups excluding tert-OH is 2. The van der Waals surface area contributed by atoms with E-state index in [1.165, 1.54) is 4.90 Å². The topological polar surface area (TPSA) is 148 Å². The highest BCUT2D eigenvalue weighted by Gasteiger charge is 2.54. The van der Waals surface area contributed by atoms with Gasteiger partial charge in [0.05, 0.1) is 30.2 Å². The minimum atomic E-state index is -0.941. The van der Waals surface area contributed by atoms with Gasteiger partial charge >= 0.3 is 5.97 Å². The molecule has 4 rings (SSSR count). The van der Waals surface area contributed by atoms with Gasteiger partial charge < -0.3 is 20.4 Å². The highest BCUT2D eigenvalue weighted by atomic mass is 16.4. The third kappa shape index (κ3) is 7.71. The number of fused-ring (bicyclic) bond motifs is 1. The van der Waals surface area contributed by atoms with Gasteiger partial charge in [0.2, 0.25) is 11.8 Å². The zero-order valence-electron chi connectivity index (χ0n) is 26.7. The standard InChI is InChI=1S/C36H46N2O7/c1-21(2)26-19-27-33(36(45)38(35(27)44)15-9-5-6-11-31(41)42)28(20-39)32(26)30(40)13-12-25(29-10-7-8-14-37-29)18-24-16-22(3)34(43)23(4)17-24/h7-8,10,14,16-18,21,27-28,30,33,39-40,43H,5-6,9,11-13,15,19-20H2,1-4H3,(H,41,42)/b25-18-/t27-,28+,30-,33-/m1/s1. The number of aliphatic carboxylic acids is 1. The zero-order valence-corrected chi connectivity index (χ0v) is 26.7. The van der Waals surface area contributed by atoms with Crippen LogP contribution in [0, 0.1) is 37.5 Å². The van der Waals surface area contributed by atoms with Crippen LogP contribution in [0.25, 0.3) is 11.6 Å². The Labute approximate surface area is 265 Å². The van der Waals surface area contributed by atoms with Crippen molar-refractivity contribution in [3.63, 3.8) is 0 Å². The molecule has 0 bridgehead atoms. The second-order valence-corrected chi connectivity index (χ2v) is 12.7. The summed E-state index contributed by atoms with van der Waals surface area (Å²) in [5, 5.41) is 41.5. The molecule has 0 unspecified atom stereocenters. The number of aromatic hydroxyl groups is 1. The molecule has 0 radical (unpaired) electrons. The summed E-state index contributed by atoms with van der Waals surface area (Å²) in [6, 6.07) is 9.48. The van der Waals surface area contributed by atoms with Crippen LogP contribution in [0.2, 0.25) is 0 Å². The lowest BCUT2D eigenvalue weighted by Gasteiger charge is -2.38. The summed E-state index contributed by atoms with van der Waals surface area (Å²) in [6.45, 7) is 7.59. The Morgan fingerprint density at radius 1 is 1.07 bits per heavy atom. The molecular formula is C36H46N2O7. The van der Waals surface area contributed by atoms with Gasteiger partial charge in [0.1, 0.15) is 5.75 Å². The van der Waals surface area contributed by atoms with Gasteiger partial charge in [0.25, 0.3) is 0 Å². The fraction of sp³-hybridized carbons (Fsp3) is 0.500. The number of aromatic nitrogens is 1. The molecule has 1 aromatic carbocycles. The van der Waals surface area contributed by atoms with E-state index in [1.807, 2.05) is 64.1 Å². The molecule has 2 aliphatic rings. The lowest BCUT2D eigenvalue weighted by molar-refractivity contribution is -0.141. The summed E-state index contributed by atoms with van der Waals surface area (Å²) in [5.41, 5.74) is 5.69. The second kappa shape index (κ2) is 15.0. The van der Waals surface area contributed by atoms with E-state index >= 15 is 0 Å². The van der Waals surface area contributed by atoms with Gasteiger partial charge in [-0.1, -0.05) is 31.9 Å². The fourth-order valence-electron chi connectivity index (χ4n) is 7.00. The van der Waals surface area contributed by atoms with E-state index in [4.69, 9.17) is 5.11 Å². The number of rotatable bonds is 14. The largest absolute Gasteiger partial charge is 0.507 e. The Morgan fingerprint density at radius 2 is 1.78 bits per heavy atom. The first kappa shape index (κ1) is 34.1. The Balaban J connectivity index is 1.58. The molecule has 45 heavy (non-hydrogen) atoms. The number of phenols is 1. The van der Waals surface area contributed by atoms with Crippen LogP contribution in [0.5, 0.6) is 5.75 Å². The molecule has 1 aliphatic heterocycles. The number of aryl methyl sites for hydroxylation is 2. The summed E-state index contributed by atoms with van der Waals surface area (Å²) in [4.78, 5) is 43.7. The van der Waals surface area contributed by atoms with Crippen LogP contribution >= 0.6 is 0 Å². The lowest BCUT2D eigenvalue weighted by Crippen LogP contribution is -2.40. The number of imide groups is 1. The maximum absolute atomic E-state index is 13.6. The zero-order chi connectivity index (χ0) is 32.8. The van der Waals surface area contributed by atoms with Gasteiger partial charge in [-0.05, 0) is 110 Å². The molecule has 9 heteroatoms. The molecule has 4 N–H and O–H groups in total. The van der Waals surface area contributed by atoms with Crippen LogP contribution in [0.3, 0.4) is 0 Å². The summed E-state index contributed by atoms with van der Waals surface area (Å²) < 4.78 is 0. The van der Waals surface area contributed by atoms with Gasteiger partial charge in [0, 0.05) is 25.1 Å². The molecular weight excluding hydrogens is 572 g/mol. The number of carboxylic acids is 1. The molecule has 2 heterocycles. The number of nitrogens with zero attached hydrogens (tertiary/aromatic N) is 2. The Morgan fingerprint density at radius 3 is 2.38 bits per heavy atom. The van der Waals surface area contributed by atoms with E-state index in [0.29, 0.717) is 44.1 Å². The number of benzene rings is 1. The minimum absolute atomic E-state index is 0.00590. The number of unbranched alkanes of at least 4 members (excludes halogenated alkanes) is 2. The number of carboxylic acid groups (broad SMARTS) is 1. The molecule has 242 valence electrons. The average Bonchev–Trinajstić information content (AvgIpc) is 3.25. The predicted octanol–water partition coefficient (Wildman–Crippen LogP) is 5.30. The van der Waals surface area contributed by atoms with Gasteiger partial charge in [-0.2, -0.15) is 0 Å². The van der Waals surface area contributed by atoms with Gasteiger partial charge in [0.15, 0.2) is 0 Å². The van der Waals surface area contributed by atoms with Gasteiger partial charge in [-0.15, -0.1) is 0 Å². The van der Waals surface area contributed by atoms with Crippen molar-refractivity contribution in [3.05, 3.63) is 70.1 Å². The van der Waals surface area contributed by atoms with Crippen LogP contribution in [0.4, 0.5) is 0 Å². The van der Waals surface area contributed by atoms with Crippen molar-refractivity contribution in [1.29, 1.82) is 0 Å². The van der Waals surface area contributed by atoms with Crippen LogP contribution < -0.4 is 0 Å². The summed E-state index contributed by atoms with van der Waals surface area (Å²) >= 11 is 0. The van der Waals surface area contributed by atoms with Gasteiger partial charge in [-0.3, -0.25) is 24.3 Å². The number of carbonyl (C=O) groups is 3. The smallest absolute Gasteiger partial charge is 0.303 e. The molecule has 0 spiro atoms. The number of amides is 2. The fourth-order valence-corrected chi connectivity index (χ4v) is 7.00. The lowest BCUT2D eigenvalue weighted by atomic mass is 9.66. The normalized spacial score (nSPS) is 21.1. The molecule has 1 fully saturated rings. The first-order chi connectivity index (χ1) is 21.4. The molecule has 9 nitrogen and oxygen atoms in total. The minimum Gasteiger partial charge on any atom is -0.507 e. The molecule has 2 aromatic rings. The van der Waals surface area contributed by atoms with E-state index in [-0.39, 0.29) is 43.1 Å². The first-order valence-corrected chi connectivity index (χ1v) is 16.0. The quantitative estimate of drug-likeness (QED) is 0.127. The van der Waals surface area contributed by atoms with Crippen molar-refractivity contribution >= 4 is 29.4 Å². The molecule has 1 aliphatic carbocycles. The number of carbonyl (C=O) groups excluding carboxylic acids is 2. The number of phenolic OH excluding ortho intramolecular Hbond substituents is 1. The number of pyridine rings is 1. The summed E-state index contributed by atoms with van der Waals surface area (Å²) in [5.74, 6) is -3.14. The SMILES string of the molecule is Cc1cc(/C=C(/CC[C@@H](O)C2=C(C(C)C)C[C@H]3C(=O)N(CCCCCC(=O)O)C(=O)[C@H]3[C@H]2CO)c2ccccn2)cc(C)c1O. The van der Waals surface area contributed by atoms with Crippen molar-refractivity contribution < 1.29 is 34.8 Å². The Kier molecular flexibility index (Phi) is 11.3. The maximum Gasteiger partial charge on any atom is 0.303 e. The van der Waals surface area contributed by atoms with Crippen LogP contribution in [0.15, 0.2) is 47.7 Å². The van der Waals surface area contributed by atoms with E-state index in [0.717, 1.165) is 33.5 Å². The van der Waals surface area contributed by atoms with Crippen molar-refractivity contribution in [2.24, 2.45) is 23.7 Å². The van der Waals surface area contributed by atoms with Crippen molar-refractivity contribution in [2.75, 3.05) is 13.2 Å². The molecule has 1 aromatic heterocycles. The second-order valence-electron chi connectivity index (χ2n) is 12.7. The summed E-state index contributed by atoms with van der Waals surface area (Å²) in [6.07, 6.45) is 5.59. The van der Waals surface area contributed by atoms with Crippen molar-refractivity contribution in [2.45, 2.75) is 78.7 Å². The molecule has 0 saturated carbocycles. The number of allylic oxidation sites excluding steroid dienone is 2. The Bertz CT molecular complexity index is 1440. The number of aliphatic hydroxyl groups is 2. The maximum atomic E-state index is 13.6. The third-order valence-electron chi connectivity index (χ3n) is 9.27. The van der Waals surface area contributed by atoms with Crippen molar-refractivity contribution in [3.8, 4) is 5.75 Å². The number of hydrogen-bond donors (Lipinski definition) is 4. The van der Waals surface area contributed by atoms with E-state index in [9.17, 15) is 29.7 Å². The highest BCUT2D eigenvalue weighted by molar-refractivity contribution is 6.05. The van der Waals surface area contributed by atoms with Crippen LogP contribution in [-0.4, -0.2) is 67.3 Å². The number of hydrogen-bond acceptors (Lipinski definition) is 7. The molecule has 2 amide bonds. The van der Waals surface area contributed by atoms with Gasteiger partial charge in [-0.25, -0.2) is 0 Å². The average molecular weight is 619 g/mol. The Hall–Kier alpha value is -3.82. The van der Waals surface area contributed by atoms with Crippen LogP contribution in [0.1, 0.15) is 81.2 Å². The molecule has 1 saturated heterocycles.